The van der Waals surface area contributed by atoms with Crippen LogP contribution in [0.15, 0.2) is 42.5 Å². The summed E-state index contributed by atoms with van der Waals surface area (Å²) < 4.78 is 5.13. The molecule has 0 spiro atoms. The number of nitrogens with zero attached hydrogens (tertiary/aromatic N) is 1. The van der Waals surface area contributed by atoms with Gasteiger partial charge < -0.3 is 15.0 Å². The smallest absolute Gasteiger partial charge is 0.251 e. The van der Waals surface area contributed by atoms with Crippen LogP contribution in [0.5, 0.6) is 5.75 Å². The van der Waals surface area contributed by atoms with E-state index in [9.17, 15) is 9.59 Å². The zero-order valence-corrected chi connectivity index (χ0v) is 15.1. The lowest BCUT2D eigenvalue weighted by Gasteiger charge is -2.22. The van der Waals surface area contributed by atoms with Crippen LogP contribution in [-0.2, 0) is 4.79 Å². The Labute approximate surface area is 148 Å². The quantitative estimate of drug-likeness (QED) is 0.879. The molecule has 132 valence electrons. The van der Waals surface area contributed by atoms with E-state index in [0.29, 0.717) is 24.4 Å². The van der Waals surface area contributed by atoms with E-state index in [1.807, 2.05) is 26.0 Å². The summed E-state index contributed by atoms with van der Waals surface area (Å²) in [5.41, 5.74) is 3.57. The van der Waals surface area contributed by atoms with E-state index in [0.717, 1.165) is 16.8 Å². The lowest BCUT2D eigenvalue weighted by Crippen LogP contribution is -2.37. The standard InChI is InChI=1S/C20H24N2O3/c1-14-10-15(2)12-18(11-14)22(16(3)23)9-8-21-20(24)17-6-5-7-19(13-17)25-4/h5-7,10-13H,8-9H2,1-4H3,(H,21,24). The monoisotopic (exact) mass is 340 g/mol. The van der Waals surface area contributed by atoms with Crippen LogP contribution in [0.2, 0.25) is 0 Å². The first-order valence-electron chi connectivity index (χ1n) is 8.19. The largest absolute Gasteiger partial charge is 0.497 e. The summed E-state index contributed by atoms with van der Waals surface area (Å²) in [5, 5.41) is 2.85. The van der Waals surface area contributed by atoms with Gasteiger partial charge in [0, 0.05) is 31.3 Å². The summed E-state index contributed by atoms with van der Waals surface area (Å²) in [6.45, 7) is 6.30. The summed E-state index contributed by atoms with van der Waals surface area (Å²) in [6.07, 6.45) is 0. The Morgan fingerprint density at radius 2 is 1.76 bits per heavy atom. The average Bonchev–Trinajstić information content (AvgIpc) is 2.57. The maximum Gasteiger partial charge on any atom is 0.251 e. The maximum atomic E-state index is 12.2. The molecule has 0 bridgehead atoms. The van der Waals surface area contributed by atoms with Gasteiger partial charge in [0.2, 0.25) is 5.91 Å². The second kappa shape index (κ2) is 8.33. The fraction of sp³-hybridized carbons (Fsp3) is 0.300. The molecule has 2 aromatic rings. The van der Waals surface area contributed by atoms with Gasteiger partial charge >= 0.3 is 0 Å². The highest BCUT2D eigenvalue weighted by Crippen LogP contribution is 2.19. The summed E-state index contributed by atoms with van der Waals surface area (Å²) in [5.74, 6) is 0.386. The van der Waals surface area contributed by atoms with Gasteiger partial charge in [0.15, 0.2) is 0 Å². The molecule has 2 rings (SSSR count). The molecule has 2 aromatic carbocycles. The van der Waals surface area contributed by atoms with Gasteiger partial charge in [-0.3, -0.25) is 9.59 Å². The lowest BCUT2D eigenvalue weighted by atomic mass is 10.1. The number of amides is 2. The van der Waals surface area contributed by atoms with Crippen LogP contribution in [0.1, 0.15) is 28.4 Å². The predicted octanol–water partition coefficient (Wildman–Crippen LogP) is 3.09. The highest BCUT2D eigenvalue weighted by molar-refractivity contribution is 5.95. The molecular formula is C20H24N2O3. The SMILES string of the molecule is COc1cccc(C(=O)NCCN(C(C)=O)c2cc(C)cc(C)c2)c1. The Morgan fingerprint density at radius 1 is 1.08 bits per heavy atom. The van der Waals surface area contributed by atoms with Crippen LogP contribution in [0.4, 0.5) is 5.69 Å². The molecule has 0 atom stereocenters. The normalized spacial score (nSPS) is 10.2. The predicted molar refractivity (Wildman–Crippen MR) is 99.3 cm³/mol. The summed E-state index contributed by atoms with van der Waals surface area (Å²) in [4.78, 5) is 25.9. The van der Waals surface area contributed by atoms with Gasteiger partial charge in [0.05, 0.1) is 7.11 Å². The second-order valence-corrected chi connectivity index (χ2v) is 6.00. The molecule has 25 heavy (non-hydrogen) atoms. The number of rotatable bonds is 6. The highest BCUT2D eigenvalue weighted by Gasteiger charge is 2.13. The molecule has 0 radical (unpaired) electrons. The Morgan fingerprint density at radius 3 is 2.36 bits per heavy atom. The molecule has 5 nitrogen and oxygen atoms in total. The Bertz CT molecular complexity index is 751. The molecule has 1 N–H and O–H groups in total. The minimum Gasteiger partial charge on any atom is -0.497 e. The summed E-state index contributed by atoms with van der Waals surface area (Å²) in [6, 6.07) is 13.0. The Balaban J connectivity index is 2.01. The molecule has 0 aromatic heterocycles. The first kappa shape index (κ1) is 18.5. The highest BCUT2D eigenvalue weighted by atomic mass is 16.5. The second-order valence-electron chi connectivity index (χ2n) is 6.00. The van der Waals surface area contributed by atoms with Gasteiger partial charge in [-0.1, -0.05) is 12.1 Å². The van der Waals surface area contributed by atoms with E-state index >= 15 is 0 Å². The van der Waals surface area contributed by atoms with Gasteiger partial charge in [-0.15, -0.1) is 0 Å². The molecule has 0 unspecified atom stereocenters. The minimum absolute atomic E-state index is 0.0550. The minimum atomic E-state index is -0.192. The Hall–Kier alpha value is -2.82. The molecule has 0 aliphatic heterocycles. The molecule has 0 saturated carbocycles. The van der Waals surface area contributed by atoms with Crippen molar-refractivity contribution in [3.8, 4) is 5.75 Å². The molecule has 0 heterocycles. The topological polar surface area (TPSA) is 58.6 Å². The van der Waals surface area contributed by atoms with Crippen LogP contribution in [0.3, 0.4) is 0 Å². The number of ether oxygens (including phenoxy) is 1. The molecule has 0 fully saturated rings. The van der Waals surface area contributed by atoms with Crippen molar-refractivity contribution in [2.24, 2.45) is 0 Å². The van der Waals surface area contributed by atoms with Gasteiger partial charge in [0.25, 0.3) is 5.91 Å². The number of aryl methyl sites for hydroxylation is 2. The average molecular weight is 340 g/mol. The van der Waals surface area contributed by atoms with E-state index in [1.54, 1.807) is 36.3 Å². The summed E-state index contributed by atoms with van der Waals surface area (Å²) >= 11 is 0. The number of methoxy groups -OCH3 is 1. The molecule has 0 aliphatic rings. The number of benzene rings is 2. The fourth-order valence-corrected chi connectivity index (χ4v) is 2.72. The van der Waals surface area contributed by atoms with Crippen LogP contribution < -0.4 is 15.0 Å². The number of carbonyl (C=O) groups is 2. The van der Waals surface area contributed by atoms with E-state index in [1.165, 1.54) is 6.92 Å². The van der Waals surface area contributed by atoms with Crippen molar-refractivity contribution in [3.05, 3.63) is 59.2 Å². The third kappa shape index (κ3) is 5.08. The van der Waals surface area contributed by atoms with Crippen molar-refractivity contribution in [2.45, 2.75) is 20.8 Å². The van der Waals surface area contributed by atoms with Crippen molar-refractivity contribution >= 4 is 17.5 Å². The van der Waals surface area contributed by atoms with Crippen LogP contribution >= 0.6 is 0 Å². The number of carbonyl (C=O) groups excluding carboxylic acids is 2. The third-order valence-electron chi connectivity index (χ3n) is 3.85. The maximum absolute atomic E-state index is 12.2. The van der Waals surface area contributed by atoms with Crippen LogP contribution in [0, 0.1) is 13.8 Å². The van der Waals surface area contributed by atoms with Crippen molar-refractivity contribution in [2.75, 3.05) is 25.1 Å². The number of anilines is 1. The number of hydrogen-bond acceptors (Lipinski definition) is 3. The van der Waals surface area contributed by atoms with Crippen molar-refractivity contribution in [3.63, 3.8) is 0 Å². The first-order chi connectivity index (χ1) is 11.9. The van der Waals surface area contributed by atoms with Gasteiger partial charge in [-0.05, 0) is 55.3 Å². The van der Waals surface area contributed by atoms with Crippen molar-refractivity contribution < 1.29 is 14.3 Å². The van der Waals surface area contributed by atoms with E-state index in [-0.39, 0.29) is 11.8 Å². The zero-order chi connectivity index (χ0) is 18.4. The molecule has 0 aliphatic carbocycles. The Kier molecular flexibility index (Phi) is 6.17. The molecule has 2 amide bonds. The fourth-order valence-electron chi connectivity index (χ4n) is 2.72. The third-order valence-corrected chi connectivity index (χ3v) is 3.85. The van der Waals surface area contributed by atoms with Gasteiger partial charge in [-0.25, -0.2) is 0 Å². The number of nitrogens with one attached hydrogen (secondary N) is 1. The first-order valence-corrected chi connectivity index (χ1v) is 8.19. The van der Waals surface area contributed by atoms with E-state index in [2.05, 4.69) is 11.4 Å². The van der Waals surface area contributed by atoms with Crippen molar-refractivity contribution in [1.82, 2.24) is 5.32 Å². The van der Waals surface area contributed by atoms with Crippen LogP contribution in [0.25, 0.3) is 0 Å². The van der Waals surface area contributed by atoms with Gasteiger partial charge in [-0.2, -0.15) is 0 Å². The van der Waals surface area contributed by atoms with Crippen LogP contribution in [-0.4, -0.2) is 32.0 Å². The van der Waals surface area contributed by atoms with E-state index in [4.69, 9.17) is 4.74 Å². The zero-order valence-electron chi connectivity index (χ0n) is 15.1. The molecule has 0 saturated heterocycles. The van der Waals surface area contributed by atoms with E-state index < -0.39 is 0 Å². The molecule has 5 heteroatoms. The molecular weight excluding hydrogens is 316 g/mol. The summed E-state index contributed by atoms with van der Waals surface area (Å²) in [7, 11) is 1.56. The van der Waals surface area contributed by atoms with Gasteiger partial charge in [0.1, 0.15) is 5.75 Å². The van der Waals surface area contributed by atoms with Crippen molar-refractivity contribution in [1.29, 1.82) is 0 Å². The number of hydrogen-bond donors (Lipinski definition) is 1. The lowest BCUT2D eigenvalue weighted by molar-refractivity contribution is -0.116.